The third-order valence-electron chi connectivity index (χ3n) is 12.2. The number of nitrogens with two attached hydrogens (primary N) is 1. The van der Waals surface area contributed by atoms with Gasteiger partial charge in [0.15, 0.2) is 0 Å². The molecule has 0 aromatic heterocycles. The van der Waals surface area contributed by atoms with Gasteiger partial charge in [0, 0.05) is 0 Å². The second kappa shape index (κ2) is 30.7. The number of ether oxygens (including phenoxy) is 3. The van der Waals surface area contributed by atoms with Crippen LogP contribution in [0.2, 0.25) is 0 Å². The average molecular weight is 926 g/mol. The highest BCUT2D eigenvalue weighted by Gasteiger charge is 2.27. The number of benzene rings is 6. The van der Waals surface area contributed by atoms with Gasteiger partial charge in [0.05, 0.1) is 45.2 Å². The Morgan fingerprint density at radius 3 is 0.646 bits per heavy atom. The molecule has 6 aromatic rings. The normalized spacial score (nSPS) is 11.8. The van der Waals surface area contributed by atoms with Crippen LogP contribution in [0.5, 0.6) is 0 Å². The van der Waals surface area contributed by atoms with Gasteiger partial charge in [-0.3, -0.25) is 0 Å². The molecule has 344 valence electrons. The van der Waals surface area contributed by atoms with Crippen molar-refractivity contribution in [2.24, 2.45) is 5.73 Å². The summed E-state index contributed by atoms with van der Waals surface area (Å²) in [7, 11) is -0.613. The van der Waals surface area contributed by atoms with Crippen LogP contribution in [0.25, 0.3) is 0 Å². The molecule has 0 fully saturated rings. The van der Waals surface area contributed by atoms with Crippen LogP contribution in [0.4, 0.5) is 0 Å². The predicted molar refractivity (Wildman–Crippen MR) is 285 cm³/mol. The highest BCUT2D eigenvalue weighted by atomic mass is 31.1. The summed E-state index contributed by atoms with van der Waals surface area (Å²) in [6.45, 7) is 3.43. The maximum absolute atomic E-state index is 7.30. The van der Waals surface area contributed by atoms with Gasteiger partial charge in [-0.1, -0.05) is 182 Å². The van der Waals surface area contributed by atoms with Crippen LogP contribution in [0, 0.1) is 0 Å². The van der Waals surface area contributed by atoms with Crippen molar-refractivity contribution in [3.05, 3.63) is 215 Å². The first-order chi connectivity index (χ1) is 32.1. The van der Waals surface area contributed by atoms with Crippen molar-refractivity contribution in [2.75, 3.05) is 95.1 Å². The Bertz CT molecular complexity index is 1690. The molecule has 2 N–H and O–H groups in total. The SMILES string of the molecule is NC(COCCP(CCc1ccccc1)CCc1ccccc1)(COCCP(CCc1ccccc1)CCc1ccccc1)COCCP(CCc1ccccc1)CCc1ccccc1. The molecule has 0 spiro atoms. The maximum Gasteiger partial charge on any atom is 0.0865 e. The fraction of sp³-hybridized carbons (Fsp3) is 0.379. The van der Waals surface area contributed by atoms with Gasteiger partial charge in [0.25, 0.3) is 0 Å². The molecule has 7 heteroatoms. The van der Waals surface area contributed by atoms with Gasteiger partial charge < -0.3 is 19.9 Å². The molecule has 0 radical (unpaired) electrons. The molecule has 0 bridgehead atoms. The van der Waals surface area contributed by atoms with E-state index < -0.39 is 5.54 Å². The standard InChI is InChI=1S/C58H74NO3P3/c59-58(49-60-37-46-63(40-31-52-19-7-1-8-20-52)41-32-53-21-9-2-10-22-53,50-61-38-47-64(42-33-54-23-11-3-12-24-54)43-34-55-25-13-4-14-26-55)51-62-39-48-65(44-35-56-27-15-5-16-28-56)45-36-57-29-17-6-18-30-57/h1-30H,31-51,59H2. The Morgan fingerprint density at radius 2 is 0.462 bits per heavy atom. The molecule has 0 aliphatic rings. The summed E-state index contributed by atoms with van der Waals surface area (Å²) < 4.78 is 19.7. The molecular weight excluding hydrogens is 852 g/mol. The van der Waals surface area contributed by atoms with E-state index in [0.717, 1.165) is 57.0 Å². The first-order valence-corrected chi connectivity index (χ1v) is 29.7. The third kappa shape index (κ3) is 21.3. The first-order valence-electron chi connectivity index (χ1n) is 24.0. The molecule has 0 saturated carbocycles. The van der Waals surface area contributed by atoms with E-state index in [9.17, 15) is 0 Å². The predicted octanol–water partition coefficient (Wildman–Crippen LogP) is 12.6. The van der Waals surface area contributed by atoms with E-state index >= 15 is 0 Å². The van der Waals surface area contributed by atoms with Crippen molar-refractivity contribution >= 4 is 23.8 Å². The highest BCUT2D eigenvalue weighted by Crippen LogP contribution is 2.39. The van der Waals surface area contributed by atoms with Crippen molar-refractivity contribution in [2.45, 2.75) is 44.1 Å². The van der Waals surface area contributed by atoms with E-state index in [4.69, 9.17) is 19.9 Å². The summed E-state index contributed by atoms with van der Waals surface area (Å²) >= 11 is 0. The van der Waals surface area contributed by atoms with Crippen LogP contribution in [-0.2, 0) is 52.7 Å². The Kier molecular flexibility index (Phi) is 24.0. The monoisotopic (exact) mass is 925 g/mol. The largest absolute Gasteiger partial charge is 0.379 e. The van der Waals surface area contributed by atoms with Crippen molar-refractivity contribution < 1.29 is 14.2 Å². The lowest BCUT2D eigenvalue weighted by Gasteiger charge is -2.30. The summed E-state index contributed by atoms with van der Waals surface area (Å²) in [5.41, 5.74) is 15.1. The quantitative estimate of drug-likeness (QED) is 0.0330. The van der Waals surface area contributed by atoms with E-state index in [1.165, 1.54) is 70.4 Å². The van der Waals surface area contributed by atoms with Crippen LogP contribution in [0.1, 0.15) is 33.4 Å². The Morgan fingerprint density at radius 1 is 0.277 bits per heavy atom. The van der Waals surface area contributed by atoms with E-state index in [1.807, 2.05) is 0 Å². The van der Waals surface area contributed by atoms with Gasteiger partial charge in [-0.15, -0.1) is 23.8 Å². The molecule has 6 rings (SSSR count). The molecule has 65 heavy (non-hydrogen) atoms. The maximum atomic E-state index is 7.30. The van der Waals surface area contributed by atoms with Crippen molar-refractivity contribution in [1.29, 1.82) is 0 Å². The lowest BCUT2D eigenvalue weighted by molar-refractivity contribution is -0.0145. The molecule has 0 aliphatic heterocycles. The second-order valence-electron chi connectivity index (χ2n) is 17.5. The average Bonchev–Trinajstić information content (AvgIpc) is 3.36. The molecule has 0 unspecified atom stereocenters. The molecule has 0 heterocycles. The molecule has 0 atom stereocenters. The Hall–Kier alpha value is -3.55. The number of aryl methyl sites for hydroxylation is 6. The zero-order valence-corrected chi connectivity index (χ0v) is 41.5. The van der Waals surface area contributed by atoms with Gasteiger partial charge in [0.2, 0.25) is 0 Å². The topological polar surface area (TPSA) is 53.7 Å². The van der Waals surface area contributed by atoms with Crippen molar-refractivity contribution in [1.82, 2.24) is 0 Å². The van der Waals surface area contributed by atoms with Crippen LogP contribution in [0.15, 0.2) is 182 Å². The summed E-state index contributed by atoms with van der Waals surface area (Å²) in [6.07, 6.45) is 17.2. The number of hydrogen-bond donors (Lipinski definition) is 1. The van der Waals surface area contributed by atoms with Crippen LogP contribution >= 0.6 is 23.8 Å². The molecule has 0 aliphatic carbocycles. The summed E-state index contributed by atoms with van der Waals surface area (Å²) in [4.78, 5) is 0. The van der Waals surface area contributed by atoms with Crippen molar-refractivity contribution in [3.8, 4) is 0 Å². The number of rotatable bonds is 33. The lowest BCUT2D eigenvalue weighted by Crippen LogP contribution is -2.53. The first kappa shape index (κ1) is 50.9. The zero-order chi connectivity index (χ0) is 44.9. The third-order valence-corrected chi connectivity index (χ3v) is 19.8. The summed E-state index contributed by atoms with van der Waals surface area (Å²) in [6, 6.07) is 65.6. The van der Waals surface area contributed by atoms with Gasteiger partial charge in [-0.25, -0.2) is 0 Å². The molecule has 0 amide bonds. The van der Waals surface area contributed by atoms with Gasteiger partial charge in [0.1, 0.15) is 0 Å². The van der Waals surface area contributed by atoms with Crippen molar-refractivity contribution in [3.63, 3.8) is 0 Å². The number of hydrogen-bond acceptors (Lipinski definition) is 4. The highest BCUT2D eigenvalue weighted by molar-refractivity contribution is 7.58. The van der Waals surface area contributed by atoms with Gasteiger partial charge >= 0.3 is 0 Å². The minimum Gasteiger partial charge on any atom is -0.379 e. The van der Waals surface area contributed by atoms with Gasteiger partial charge in [-0.05, 0) is 127 Å². The van der Waals surface area contributed by atoms with Crippen LogP contribution in [0.3, 0.4) is 0 Å². The second-order valence-corrected chi connectivity index (χ2v) is 25.5. The molecule has 4 nitrogen and oxygen atoms in total. The van der Waals surface area contributed by atoms with E-state index in [2.05, 4.69) is 182 Å². The summed E-state index contributed by atoms with van der Waals surface area (Å²) in [5, 5.41) is 0. The molecular formula is C58H74NO3P3. The van der Waals surface area contributed by atoms with E-state index in [1.54, 1.807) is 0 Å². The fourth-order valence-electron chi connectivity index (χ4n) is 8.13. The Balaban J connectivity index is 1.04. The summed E-state index contributed by atoms with van der Waals surface area (Å²) in [5.74, 6) is 0. The molecule has 6 aromatic carbocycles. The van der Waals surface area contributed by atoms with Crippen LogP contribution in [-0.4, -0.2) is 101 Å². The molecule has 0 saturated heterocycles. The van der Waals surface area contributed by atoms with Gasteiger partial charge in [-0.2, -0.15) is 0 Å². The fourth-order valence-corrected chi connectivity index (χ4v) is 14.8. The Labute approximate surface area is 396 Å². The van der Waals surface area contributed by atoms with E-state index in [0.29, 0.717) is 39.6 Å². The smallest absolute Gasteiger partial charge is 0.0865 e. The lowest BCUT2D eigenvalue weighted by atomic mass is 10.1. The minimum atomic E-state index is -0.718. The van der Waals surface area contributed by atoms with E-state index in [-0.39, 0.29) is 23.8 Å². The zero-order valence-electron chi connectivity index (χ0n) is 38.8. The van der Waals surface area contributed by atoms with Crippen LogP contribution < -0.4 is 5.73 Å². The minimum absolute atomic E-state index is 0.204.